The smallest absolute Gasteiger partial charge is 0.258 e. The van der Waals surface area contributed by atoms with Crippen molar-refractivity contribution in [3.05, 3.63) is 46.5 Å². The maximum atomic E-state index is 12.3. The van der Waals surface area contributed by atoms with Gasteiger partial charge >= 0.3 is 0 Å². The molecule has 0 aliphatic rings. The number of hydrogen-bond donors (Lipinski definition) is 2. The molecule has 0 atom stereocenters. The third-order valence-electron chi connectivity index (χ3n) is 3.81. The van der Waals surface area contributed by atoms with Gasteiger partial charge in [0.2, 0.25) is 5.88 Å². The minimum Gasteiger partial charge on any atom is -0.497 e. The number of nitrogens with one attached hydrogen (secondary N) is 2. The van der Waals surface area contributed by atoms with Crippen molar-refractivity contribution in [1.29, 1.82) is 0 Å². The van der Waals surface area contributed by atoms with Crippen molar-refractivity contribution in [1.82, 2.24) is 24.9 Å². The summed E-state index contributed by atoms with van der Waals surface area (Å²) in [5, 5.41) is 1.19. The molecule has 0 bridgehead atoms. The van der Waals surface area contributed by atoms with E-state index in [1.807, 2.05) is 6.07 Å². The molecule has 0 unspecified atom stereocenters. The van der Waals surface area contributed by atoms with E-state index in [4.69, 9.17) is 9.47 Å². The summed E-state index contributed by atoms with van der Waals surface area (Å²) in [5.41, 5.74) is 1.83. The van der Waals surface area contributed by atoms with Crippen LogP contribution in [0.1, 0.15) is 5.82 Å². The van der Waals surface area contributed by atoms with Crippen LogP contribution in [0.2, 0.25) is 0 Å². The molecule has 0 radical (unpaired) electrons. The van der Waals surface area contributed by atoms with Crippen LogP contribution in [0.25, 0.3) is 22.1 Å². The molecule has 8 nitrogen and oxygen atoms in total. The van der Waals surface area contributed by atoms with E-state index in [9.17, 15) is 4.79 Å². The maximum Gasteiger partial charge on any atom is 0.258 e. The van der Waals surface area contributed by atoms with Crippen LogP contribution in [0.15, 0.2) is 40.3 Å². The molecule has 0 saturated heterocycles. The normalized spacial score (nSPS) is 11.2. The summed E-state index contributed by atoms with van der Waals surface area (Å²) in [5.74, 6) is 2.17. The van der Waals surface area contributed by atoms with Gasteiger partial charge < -0.3 is 19.4 Å². The Labute approximate surface area is 152 Å². The van der Waals surface area contributed by atoms with Crippen LogP contribution >= 0.6 is 11.8 Å². The number of thioether (sulfide) groups is 1. The minimum absolute atomic E-state index is 0.194. The lowest BCUT2D eigenvalue weighted by molar-refractivity contribution is 0.399. The molecule has 9 heteroatoms. The molecule has 0 fully saturated rings. The predicted octanol–water partition coefficient (Wildman–Crippen LogP) is 2.50. The summed E-state index contributed by atoms with van der Waals surface area (Å²) in [6, 6.07) is 8.86. The molecule has 132 valence electrons. The summed E-state index contributed by atoms with van der Waals surface area (Å²) < 4.78 is 10.2. The highest BCUT2D eigenvalue weighted by molar-refractivity contribution is 7.98. The number of rotatable bonds is 5. The summed E-state index contributed by atoms with van der Waals surface area (Å²) in [6.07, 6.45) is 0. The molecule has 0 amide bonds. The van der Waals surface area contributed by atoms with E-state index in [-0.39, 0.29) is 5.56 Å². The molecule has 3 heterocycles. The molecule has 4 rings (SSSR count). The van der Waals surface area contributed by atoms with Gasteiger partial charge in [0, 0.05) is 6.07 Å². The Morgan fingerprint density at radius 2 is 1.92 bits per heavy atom. The number of H-pyrrole nitrogens is 2. The molecular weight excluding hydrogens is 354 g/mol. The number of aromatic nitrogens is 5. The highest BCUT2D eigenvalue weighted by Gasteiger charge is 2.09. The minimum atomic E-state index is -0.194. The molecule has 1 aromatic carbocycles. The SMILES string of the molecule is COc1ccc2nc(CSc3nc4nc(OC)ccc4[nH]3)[nH]c(=O)c2c1. The molecule has 0 aliphatic carbocycles. The average molecular weight is 369 g/mol. The van der Waals surface area contributed by atoms with Gasteiger partial charge in [0.05, 0.1) is 36.4 Å². The van der Waals surface area contributed by atoms with E-state index in [1.165, 1.54) is 11.8 Å². The van der Waals surface area contributed by atoms with Crippen molar-refractivity contribution in [2.75, 3.05) is 14.2 Å². The Bertz CT molecular complexity index is 1150. The lowest BCUT2D eigenvalue weighted by atomic mass is 10.2. The van der Waals surface area contributed by atoms with Crippen molar-refractivity contribution in [2.45, 2.75) is 10.9 Å². The number of imidazole rings is 1. The van der Waals surface area contributed by atoms with Crippen LogP contribution in [0, 0.1) is 0 Å². The highest BCUT2D eigenvalue weighted by Crippen LogP contribution is 2.23. The first kappa shape index (κ1) is 16.4. The number of pyridine rings is 1. The summed E-state index contributed by atoms with van der Waals surface area (Å²) in [7, 11) is 3.12. The van der Waals surface area contributed by atoms with E-state index in [2.05, 4.69) is 24.9 Å². The monoisotopic (exact) mass is 369 g/mol. The lowest BCUT2D eigenvalue weighted by Crippen LogP contribution is -2.11. The summed E-state index contributed by atoms with van der Waals surface area (Å²) in [6.45, 7) is 0. The molecule has 0 saturated carbocycles. The van der Waals surface area contributed by atoms with Gasteiger partial charge in [-0.2, -0.15) is 4.98 Å². The standard InChI is InChI=1S/C17H15N5O3S/c1-24-9-3-4-11-10(7-9)16(23)20-13(18-11)8-26-17-19-12-5-6-14(25-2)21-15(12)22-17/h3-7H,8H2,1-2H3,(H,18,20,23)(H,19,21,22). The van der Waals surface area contributed by atoms with Gasteiger partial charge in [0.15, 0.2) is 10.8 Å². The number of fused-ring (bicyclic) bond motifs is 2. The fourth-order valence-corrected chi connectivity index (χ4v) is 3.28. The second-order valence-corrected chi connectivity index (χ2v) is 6.42. The largest absolute Gasteiger partial charge is 0.497 e. The van der Waals surface area contributed by atoms with E-state index >= 15 is 0 Å². The third-order valence-corrected chi connectivity index (χ3v) is 4.70. The fourth-order valence-electron chi connectivity index (χ4n) is 2.53. The van der Waals surface area contributed by atoms with Crippen molar-refractivity contribution < 1.29 is 9.47 Å². The number of nitrogens with zero attached hydrogens (tertiary/aromatic N) is 3. The molecule has 0 spiro atoms. The van der Waals surface area contributed by atoms with Gasteiger partial charge in [-0.3, -0.25) is 4.79 Å². The average Bonchev–Trinajstić information content (AvgIpc) is 3.08. The van der Waals surface area contributed by atoms with Crippen LogP contribution in [0.5, 0.6) is 11.6 Å². The lowest BCUT2D eigenvalue weighted by Gasteiger charge is -2.04. The Kier molecular flexibility index (Phi) is 4.21. The topological polar surface area (TPSA) is 106 Å². The van der Waals surface area contributed by atoms with Crippen molar-refractivity contribution in [3.63, 3.8) is 0 Å². The highest BCUT2D eigenvalue weighted by atomic mass is 32.2. The number of methoxy groups -OCH3 is 2. The molecule has 0 aliphatic heterocycles. The van der Waals surface area contributed by atoms with Crippen LogP contribution in [0.4, 0.5) is 0 Å². The molecule has 26 heavy (non-hydrogen) atoms. The van der Waals surface area contributed by atoms with Crippen molar-refractivity contribution in [3.8, 4) is 11.6 Å². The number of ether oxygens (including phenoxy) is 2. The van der Waals surface area contributed by atoms with Gasteiger partial charge in [-0.15, -0.1) is 0 Å². The van der Waals surface area contributed by atoms with Gasteiger partial charge in [-0.05, 0) is 24.3 Å². The number of hydrogen-bond acceptors (Lipinski definition) is 7. The fraction of sp³-hybridized carbons (Fsp3) is 0.176. The van der Waals surface area contributed by atoms with Gasteiger partial charge in [0.25, 0.3) is 5.56 Å². The maximum absolute atomic E-state index is 12.3. The van der Waals surface area contributed by atoms with E-state index < -0.39 is 0 Å². The predicted molar refractivity (Wildman–Crippen MR) is 98.9 cm³/mol. The van der Waals surface area contributed by atoms with Crippen molar-refractivity contribution >= 4 is 33.8 Å². The first-order valence-electron chi connectivity index (χ1n) is 7.77. The Balaban J connectivity index is 1.58. The van der Waals surface area contributed by atoms with Crippen LogP contribution in [-0.4, -0.2) is 39.1 Å². The first-order chi connectivity index (χ1) is 12.7. The number of benzene rings is 1. The molecular formula is C17H15N5O3S. The zero-order valence-electron chi connectivity index (χ0n) is 14.1. The van der Waals surface area contributed by atoms with E-state index in [1.54, 1.807) is 38.5 Å². The third kappa shape index (κ3) is 3.08. The second-order valence-electron chi connectivity index (χ2n) is 5.45. The number of aromatic amines is 2. The van der Waals surface area contributed by atoms with Gasteiger partial charge in [0.1, 0.15) is 11.6 Å². The van der Waals surface area contributed by atoms with Crippen LogP contribution in [-0.2, 0) is 5.75 Å². The zero-order chi connectivity index (χ0) is 18.1. The molecule has 2 N–H and O–H groups in total. The molecule has 3 aromatic heterocycles. The van der Waals surface area contributed by atoms with Crippen LogP contribution < -0.4 is 15.0 Å². The van der Waals surface area contributed by atoms with Crippen LogP contribution in [0.3, 0.4) is 0 Å². The quantitative estimate of drug-likeness (QED) is 0.521. The van der Waals surface area contributed by atoms with Gasteiger partial charge in [-0.25, -0.2) is 9.97 Å². The van der Waals surface area contributed by atoms with E-state index in [0.29, 0.717) is 44.9 Å². The summed E-state index contributed by atoms with van der Waals surface area (Å²) >= 11 is 1.43. The van der Waals surface area contributed by atoms with Crippen molar-refractivity contribution in [2.24, 2.45) is 0 Å². The second kappa shape index (κ2) is 6.68. The van der Waals surface area contributed by atoms with E-state index in [0.717, 1.165) is 5.52 Å². The molecule has 4 aromatic rings. The first-order valence-corrected chi connectivity index (χ1v) is 8.75. The Morgan fingerprint density at radius 1 is 1.04 bits per heavy atom. The Morgan fingerprint density at radius 3 is 2.73 bits per heavy atom. The summed E-state index contributed by atoms with van der Waals surface area (Å²) in [4.78, 5) is 31.5. The Hall–Kier alpha value is -3.07. The zero-order valence-corrected chi connectivity index (χ0v) is 14.9. The van der Waals surface area contributed by atoms with Gasteiger partial charge in [-0.1, -0.05) is 11.8 Å².